The van der Waals surface area contributed by atoms with Gasteiger partial charge in [0.25, 0.3) is 5.91 Å². The summed E-state index contributed by atoms with van der Waals surface area (Å²) in [5.41, 5.74) is 1.04. The molecular formula is C23H23Cl2N3O3S2. The fraction of sp³-hybridized carbons (Fsp3) is 0.304. The zero-order chi connectivity index (χ0) is 23.6. The molecule has 1 aliphatic heterocycles. The Morgan fingerprint density at radius 2 is 1.76 bits per heavy atom. The monoisotopic (exact) mass is 523 g/mol. The number of hydrogen-bond donors (Lipinski definition) is 0. The van der Waals surface area contributed by atoms with E-state index in [1.165, 1.54) is 39.9 Å². The Hall–Kier alpha value is -1.97. The molecule has 174 valence electrons. The van der Waals surface area contributed by atoms with Gasteiger partial charge in [-0.25, -0.2) is 8.42 Å². The van der Waals surface area contributed by atoms with E-state index in [1.54, 1.807) is 18.2 Å². The van der Waals surface area contributed by atoms with Crippen molar-refractivity contribution in [2.24, 2.45) is 4.99 Å². The zero-order valence-corrected chi connectivity index (χ0v) is 21.0. The van der Waals surface area contributed by atoms with Gasteiger partial charge in [-0.2, -0.15) is 9.30 Å². The van der Waals surface area contributed by atoms with Crippen molar-refractivity contribution in [3.63, 3.8) is 0 Å². The van der Waals surface area contributed by atoms with Crippen LogP contribution < -0.4 is 4.80 Å². The predicted octanol–water partition coefficient (Wildman–Crippen LogP) is 5.50. The van der Waals surface area contributed by atoms with Crippen LogP contribution in [0.2, 0.25) is 10.0 Å². The number of fused-ring (bicyclic) bond motifs is 1. The Kier molecular flexibility index (Phi) is 7.40. The Morgan fingerprint density at radius 1 is 1.09 bits per heavy atom. The summed E-state index contributed by atoms with van der Waals surface area (Å²) in [4.78, 5) is 17.8. The van der Waals surface area contributed by atoms with Gasteiger partial charge in [0.2, 0.25) is 10.0 Å². The average molecular weight is 524 g/mol. The standard InChI is InChI=1S/C23H23Cl2N3O3S2/c1-2-11-28-21-19(25)14-17(24)15-20(21)32-23(28)26-22(29)16-7-9-18(10-8-16)33(30,31)27-12-5-3-4-6-13-27/h2,7-10,14-15H,1,3-6,11-13H2. The maximum absolute atomic E-state index is 13.0. The Morgan fingerprint density at radius 3 is 2.39 bits per heavy atom. The van der Waals surface area contributed by atoms with Crippen molar-refractivity contribution in [3.8, 4) is 0 Å². The van der Waals surface area contributed by atoms with Gasteiger partial charge in [0, 0.05) is 30.2 Å². The molecule has 2 aromatic carbocycles. The summed E-state index contributed by atoms with van der Waals surface area (Å²) < 4.78 is 30.1. The van der Waals surface area contributed by atoms with Crippen LogP contribution >= 0.6 is 34.5 Å². The molecule has 1 amide bonds. The van der Waals surface area contributed by atoms with E-state index in [0.29, 0.717) is 40.0 Å². The number of carbonyl (C=O) groups excluding carboxylic acids is 1. The van der Waals surface area contributed by atoms with E-state index >= 15 is 0 Å². The van der Waals surface area contributed by atoms with Gasteiger partial charge in [-0.05, 0) is 49.2 Å². The molecular weight excluding hydrogens is 501 g/mol. The van der Waals surface area contributed by atoms with Crippen molar-refractivity contribution >= 4 is 60.7 Å². The third-order valence-electron chi connectivity index (χ3n) is 5.51. The number of sulfonamides is 1. The Bertz CT molecular complexity index is 1370. The highest BCUT2D eigenvalue weighted by molar-refractivity contribution is 7.89. The second-order valence-electron chi connectivity index (χ2n) is 7.78. The van der Waals surface area contributed by atoms with Gasteiger partial charge >= 0.3 is 0 Å². The lowest BCUT2D eigenvalue weighted by Gasteiger charge is -2.19. The Balaban J connectivity index is 1.67. The molecule has 4 rings (SSSR count). The summed E-state index contributed by atoms with van der Waals surface area (Å²) in [6.07, 6.45) is 5.51. The van der Waals surface area contributed by atoms with Crippen molar-refractivity contribution in [1.29, 1.82) is 0 Å². The molecule has 0 bridgehead atoms. The number of benzene rings is 2. The van der Waals surface area contributed by atoms with Crippen LogP contribution in [0.15, 0.2) is 58.9 Å². The van der Waals surface area contributed by atoms with Gasteiger partial charge in [0.05, 0.1) is 20.1 Å². The molecule has 0 saturated carbocycles. The quantitative estimate of drug-likeness (QED) is 0.414. The van der Waals surface area contributed by atoms with Gasteiger partial charge in [-0.1, -0.05) is 53.5 Å². The summed E-state index contributed by atoms with van der Waals surface area (Å²) in [5, 5.41) is 0.964. The SMILES string of the molecule is C=CCn1c(=NC(=O)c2ccc(S(=O)(=O)N3CCCCCC3)cc2)sc2cc(Cl)cc(Cl)c21. The van der Waals surface area contributed by atoms with Crippen LogP contribution in [0.1, 0.15) is 36.0 Å². The summed E-state index contributed by atoms with van der Waals surface area (Å²) in [7, 11) is -3.58. The largest absolute Gasteiger partial charge is 0.311 e. The molecule has 33 heavy (non-hydrogen) atoms. The summed E-state index contributed by atoms with van der Waals surface area (Å²) in [6.45, 7) is 5.25. The number of allylic oxidation sites excluding steroid dienone is 1. The van der Waals surface area contributed by atoms with Crippen molar-refractivity contribution in [1.82, 2.24) is 8.87 Å². The minimum atomic E-state index is -3.58. The molecule has 0 unspecified atom stereocenters. The lowest BCUT2D eigenvalue weighted by atomic mass is 10.2. The highest BCUT2D eigenvalue weighted by Crippen LogP contribution is 2.30. The second kappa shape index (κ2) is 10.1. The van der Waals surface area contributed by atoms with E-state index in [-0.39, 0.29) is 4.90 Å². The number of rotatable bonds is 5. The van der Waals surface area contributed by atoms with Crippen molar-refractivity contribution in [2.45, 2.75) is 37.1 Å². The molecule has 0 radical (unpaired) electrons. The highest BCUT2D eigenvalue weighted by atomic mass is 35.5. The van der Waals surface area contributed by atoms with Crippen LogP contribution in [-0.4, -0.2) is 36.3 Å². The van der Waals surface area contributed by atoms with Crippen LogP contribution in [0, 0.1) is 0 Å². The van der Waals surface area contributed by atoms with E-state index in [4.69, 9.17) is 23.2 Å². The lowest BCUT2D eigenvalue weighted by Crippen LogP contribution is -2.31. The number of aromatic nitrogens is 1. The number of nitrogens with zero attached hydrogens (tertiary/aromatic N) is 3. The molecule has 1 fully saturated rings. The van der Waals surface area contributed by atoms with Crippen molar-refractivity contribution in [3.05, 3.63) is 69.5 Å². The van der Waals surface area contributed by atoms with E-state index < -0.39 is 15.9 Å². The first-order valence-electron chi connectivity index (χ1n) is 10.6. The molecule has 6 nitrogen and oxygen atoms in total. The minimum Gasteiger partial charge on any atom is -0.311 e. The van der Waals surface area contributed by atoms with Gasteiger partial charge < -0.3 is 4.57 Å². The van der Waals surface area contributed by atoms with E-state index in [9.17, 15) is 13.2 Å². The first-order chi connectivity index (χ1) is 15.8. The zero-order valence-electron chi connectivity index (χ0n) is 17.8. The third kappa shape index (κ3) is 5.10. The number of amides is 1. The van der Waals surface area contributed by atoms with Gasteiger partial charge in [0.15, 0.2) is 4.80 Å². The van der Waals surface area contributed by atoms with Gasteiger partial charge in [-0.15, -0.1) is 6.58 Å². The van der Waals surface area contributed by atoms with Crippen LogP contribution in [0.3, 0.4) is 0 Å². The normalized spacial score (nSPS) is 16.1. The Labute approximate surface area is 206 Å². The molecule has 1 aliphatic rings. The van der Waals surface area contributed by atoms with Gasteiger partial charge in [-0.3, -0.25) is 4.79 Å². The van der Waals surface area contributed by atoms with Crippen molar-refractivity contribution in [2.75, 3.05) is 13.1 Å². The maximum atomic E-state index is 13.0. The number of halogens is 2. The molecule has 0 aliphatic carbocycles. The third-order valence-corrected chi connectivity index (χ3v) is 8.95. The first kappa shape index (κ1) is 24.2. The highest BCUT2D eigenvalue weighted by Gasteiger charge is 2.25. The molecule has 0 spiro atoms. The van der Waals surface area contributed by atoms with E-state index in [0.717, 1.165) is 35.9 Å². The topological polar surface area (TPSA) is 71.7 Å². The summed E-state index contributed by atoms with van der Waals surface area (Å²) in [5.74, 6) is -0.472. The number of thiazole rings is 1. The summed E-state index contributed by atoms with van der Waals surface area (Å²) in [6, 6.07) is 9.38. The fourth-order valence-corrected chi connectivity index (χ4v) is 7.20. The van der Waals surface area contributed by atoms with Crippen LogP contribution in [-0.2, 0) is 16.6 Å². The molecule has 1 aromatic heterocycles. The number of carbonyl (C=O) groups is 1. The second-order valence-corrected chi connectivity index (χ2v) is 11.6. The van der Waals surface area contributed by atoms with Gasteiger partial charge in [0.1, 0.15) is 0 Å². The van der Waals surface area contributed by atoms with Crippen LogP contribution in [0.4, 0.5) is 0 Å². The molecule has 0 atom stereocenters. The molecule has 2 heterocycles. The van der Waals surface area contributed by atoms with Crippen molar-refractivity contribution < 1.29 is 13.2 Å². The van der Waals surface area contributed by atoms with Crippen LogP contribution in [0.5, 0.6) is 0 Å². The summed E-state index contributed by atoms with van der Waals surface area (Å²) >= 11 is 13.8. The minimum absolute atomic E-state index is 0.186. The molecule has 1 saturated heterocycles. The molecule has 3 aromatic rings. The number of hydrogen-bond acceptors (Lipinski definition) is 4. The molecule has 0 N–H and O–H groups in total. The molecule has 10 heteroatoms. The van der Waals surface area contributed by atoms with E-state index in [2.05, 4.69) is 11.6 Å². The van der Waals surface area contributed by atoms with E-state index in [1.807, 2.05) is 4.57 Å². The smallest absolute Gasteiger partial charge is 0.279 e. The first-order valence-corrected chi connectivity index (χ1v) is 13.6. The predicted molar refractivity (Wildman–Crippen MR) is 134 cm³/mol. The average Bonchev–Trinajstić information content (AvgIpc) is 2.95. The fourth-order valence-electron chi connectivity index (χ4n) is 3.86. The van der Waals surface area contributed by atoms with Crippen LogP contribution in [0.25, 0.3) is 10.2 Å². The maximum Gasteiger partial charge on any atom is 0.279 e. The lowest BCUT2D eigenvalue weighted by molar-refractivity contribution is 0.0997.